The van der Waals surface area contributed by atoms with Gasteiger partial charge < -0.3 is 9.84 Å². The van der Waals surface area contributed by atoms with Gasteiger partial charge >= 0.3 is 5.69 Å². The minimum atomic E-state index is -4.06. The number of nitrogens with one attached hydrogen (secondary N) is 1. The molecule has 0 aromatic heterocycles. The summed E-state index contributed by atoms with van der Waals surface area (Å²) >= 11 is 0. The topological polar surface area (TPSA) is 128 Å². The number of ether oxygens (including phenoxy) is 1. The average Bonchev–Trinajstić information content (AvgIpc) is 2.34. The van der Waals surface area contributed by atoms with Crippen molar-refractivity contribution in [2.45, 2.75) is 4.90 Å². The van der Waals surface area contributed by atoms with Gasteiger partial charge in [-0.15, -0.1) is 0 Å². The lowest BCUT2D eigenvalue weighted by atomic mass is 10.3. The first-order valence-corrected chi connectivity index (χ1v) is 6.46. The number of phenols is 1. The Balaban J connectivity index is 2.89. The van der Waals surface area contributed by atoms with Crippen LogP contribution in [0.5, 0.6) is 5.75 Å². The number of aromatic hydroxyl groups is 1. The highest BCUT2D eigenvalue weighted by Gasteiger charge is 2.21. The summed E-state index contributed by atoms with van der Waals surface area (Å²) in [5, 5.41) is 19.8. The highest BCUT2D eigenvalue weighted by atomic mass is 32.2. The van der Waals surface area contributed by atoms with E-state index in [2.05, 4.69) is 9.57 Å². The van der Waals surface area contributed by atoms with Crippen molar-refractivity contribution in [2.75, 3.05) is 20.3 Å². The van der Waals surface area contributed by atoms with Crippen molar-refractivity contribution in [2.24, 2.45) is 0 Å². The maximum atomic E-state index is 11.7. The molecule has 9 nitrogen and oxygen atoms in total. The molecule has 0 heterocycles. The highest BCUT2D eigenvalue weighted by Crippen LogP contribution is 2.27. The maximum Gasteiger partial charge on any atom is 0.312 e. The summed E-state index contributed by atoms with van der Waals surface area (Å²) in [7, 11) is -2.64. The predicted octanol–water partition coefficient (Wildman–Crippen LogP) is 0.157. The molecular formula is C9H12N2O7S. The third-order valence-corrected chi connectivity index (χ3v) is 3.22. The third-order valence-electron chi connectivity index (χ3n) is 2.01. The molecule has 2 N–H and O–H groups in total. The van der Waals surface area contributed by atoms with Gasteiger partial charge in [-0.2, -0.15) is 0 Å². The van der Waals surface area contributed by atoms with Crippen LogP contribution in [-0.2, 0) is 19.6 Å². The van der Waals surface area contributed by atoms with Crippen molar-refractivity contribution in [1.82, 2.24) is 4.89 Å². The molecule has 0 aliphatic heterocycles. The van der Waals surface area contributed by atoms with Gasteiger partial charge in [-0.1, -0.05) is 4.89 Å². The SMILES string of the molecule is COCCONS(=O)(=O)c1ccc(O)c([N+](=O)[O-])c1. The van der Waals surface area contributed by atoms with Crippen LogP contribution in [0.25, 0.3) is 0 Å². The molecule has 0 fully saturated rings. The van der Waals surface area contributed by atoms with E-state index in [4.69, 9.17) is 0 Å². The number of nitro benzene ring substituents is 1. The van der Waals surface area contributed by atoms with Gasteiger partial charge in [-0.25, -0.2) is 8.42 Å². The van der Waals surface area contributed by atoms with Crippen LogP contribution >= 0.6 is 0 Å². The molecule has 0 aliphatic rings. The Hall–Kier alpha value is -1.75. The Kier molecular flexibility index (Phi) is 5.18. The van der Waals surface area contributed by atoms with Crippen LogP contribution < -0.4 is 4.89 Å². The zero-order valence-corrected chi connectivity index (χ0v) is 10.7. The van der Waals surface area contributed by atoms with Crippen LogP contribution in [0.2, 0.25) is 0 Å². The van der Waals surface area contributed by atoms with Crippen LogP contribution in [-0.4, -0.2) is 38.8 Å². The first-order valence-electron chi connectivity index (χ1n) is 4.98. The summed E-state index contributed by atoms with van der Waals surface area (Å²) in [6, 6.07) is 2.67. The van der Waals surface area contributed by atoms with E-state index in [0.717, 1.165) is 18.2 Å². The Bertz CT molecular complexity index is 558. The van der Waals surface area contributed by atoms with E-state index >= 15 is 0 Å². The molecule has 10 heteroatoms. The number of rotatable bonds is 7. The fourth-order valence-corrected chi connectivity index (χ4v) is 1.96. The van der Waals surface area contributed by atoms with Crippen LogP contribution in [0, 0.1) is 10.1 Å². The second kappa shape index (κ2) is 6.43. The number of methoxy groups -OCH3 is 1. The molecule has 0 saturated carbocycles. The smallest absolute Gasteiger partial charge is 0.312 e. The standard InChI is InChI=1S/C9H12N2O7S/c1-17-4-5-18-10-19(15,16)7-2-3-9(12)8(6-7)11(13)14/h2-3,6,10,12H,4-5H2,1H3. The molecule has 0 radical (unpaired) electrons. The first kappa shape index (κ1) is 15.3. The molecular weight excluding hydrogens is 280 g/mol. The van der Waals surface area contributed by atoms with Crippen LogP contribution in [0.1, 0.15) is 0 Å². The van der Waals surface area contributed by atoms with Crippen LogP contribution in [0.15, 0.2) is 23.1 Å². The maximum absolute atomic E-state index is 11.7. The van der Waals surface area contributed by atoms with Crippen molar-refractivity contribution in [1.29, 1.82) is 0 Å². The number of nitro groups is 1. The Labute approximate surface area is 108 Å². The zero-order chi connectivity index (χ0) is 14.5. The second-order valence-electron chi connectivity index (χ2n) is 3.34. The molecule has 0 saturated heterocycles. The highest BCUT2D eigenvalue weighted by molar-refractivity contribution is 7.89. The number of nitrogens with zero attached hydrogens (tertiary/aromatic N) is 1. The lowest BCUT2D eigenvalue weighted by Crippen LogP contribution is -2.25. The van der Waals surface area contributed by atoms with Crippen molar-refractivity contribution in [3.63, 3.8) is 0 Å². The van der Waals surface area contributed by atoms with Gasteiger partial charge in [0.25, 0.3) is 10.0 Å². The Morgan fingerprint density at radius 3 is 2.68 bits per heavy atom. The monoisotopic (exact) mass is 292 g/mol. The average molecular weight is 292 g/mol. The lowest BCUT2D eigenvalue weighted by Gasteiger charge is -2.07. The number of hydrogen-bond acceptors (Lipinski definition) is 7. The van der Waals surface area contributed by atoms with Crippen molar-refractivity contribution >= 4 is 15.7 Å². The predicted molar refractivity (Wildman–Crippen MR) is 62.9 cm³/mol. The van der Waals surface area contributed by atoms with Gasteiger partial charge in [0, 0.05) is 13.2 Å². The van der Waals surface area contributed by atoms with E-state index in [0.29, 0.717) is 0 Å². The molecule has 1 aromatic carbocycles. The molecule has 0 bridgehead atoms. The van der Waals surface area contributed by atoms with Crippen molar-refractivity contribution < 1.29 is 28.0 Å². The second-order valence-corrected chi connectivity index (χ2v) is 4.98. The van der Waals surface area contributed by atoms with Crippen LogP contribution in [0.4, 0.5) is 5.69 Å². The normalized spacial score (nSPS) is 11.4. The Morgan fingerprint density at radius 1 is 1.42 bits per heavy atom. The van der Waals surface area contributed by atoms with Gasteiger partial charge in [0.2, 0.25) is 0 Å². The molecule has 106 valence electrons. The lowest BCUT2D eigenvalue weighted by molar-refractivity contribution is -0.386. The summed E-state index contributed by atoms with van der Waals surface area (Å²) in [6.07, 6.45) is 0. The first-order chi connectivity index (χ1) is 8.88. The van der Waals surface area contributed by atoms with Gasteiger partial charge in [0.1, 0.15) is 0 Å². The molecule has 1 aromatic rings. The largest absolute Gasteiger partial charge is 0.502 e. The van der Waals surface area contributed by atoms with E-state index in [1.165, 1.54) is 7.11 Å². The van der Waals surface area contributed by atoms with Gasteiger partial charge in [0.15, 0.2) is 5.75 Å². The summed E-state index contributed by atoms with van der Waals surface area (Å²) in [6.45, 7) is 0.161. The number of benzene rings is 1. The molecule has 0 amide bonds. The fraction of sp³-hybridized carbons (Fsp3) is 0.333. The quantitative estimate of drug-likeness (QED) is 0.416. The van der Waals surface area contributed by atoms with Gasteiger partial charge in [0.05, 0.1) is 23.0 Å². The fourth-order valence-electron chi connectivity index (χ4n) is 1.11. The summed E-state index contributed by atoms with van der Waals surface area (Å²) in [5.41, 5.74) is -0.709. The van der Waals surface area contributed by atoms with Crippen LogP contribution in [0.3, 0.4) is 0 Å². The van der Waals surface area contributed by atoms with Gasteiger partial charge in [-0.3, -0.25) is 15.0 Å². The van der Waals surface area contributed by atoms with Crippen molar-refractivity contribution in [3.05, 3.63) is 28.3 Å². The third kappa shape index (κ3) is 4.13. The Morgan fingerprint density at radius 2 is 2.11 bits per heavy atom. The van der Waals surface area contributed by atoms with Gasteiger partial charge in [-0.05, 0) is 12.1 Å². The number of sulfonamides is 1. The van der Waals surface area contributed by atoms with E-state index in [1.807, 2.05) is 0 Å². The zero-order valence-electron chi connectivity index (χ0n) is 9.90. The number of phenolic OH excluding ortho intramolecular Hbond substituents is 1. The summed E-state index contributed by atoms with van der Waals surface area (Å²) in [5.74, 6) is -0.621. The minimum Gasteiger partial charge on any atom is -0.502 e. The number of hydrogen-bond donors (Lipinski definition) is 2. The molecule has 0 spiro atoms. The molecule has 1 rings (SSSR count). The molecule has 0 unspecified atom stereocenters. The van der Waals surface area contributed by atoms with E-state index < -0.39 is 31.3 Å². The summed E-state index contributed by atoms with van der Waals surface area (Å²) in [4.78, 5) is 15.7. The van der Waals surface area contributed by atoms with Crippen molar-refractivity contribution in [3.8, 4) is 5.75 Å². The minimum absolute atomic E-state index is 0.0179. The molecule has 19 heavy (non-hydrogen) atoms. The summed E-state index contributed by atoms with van der Waals surface area (Å²) < 4.78 is 28.0. The van der Waals surface area contributed by atoms with E-state index in [-0.39, 0.29) is 13.2 Å². The van der Waals surface area contributed by atoms with E-state index in [9.17, 15) is 23.6 Å². The molecule has 0 aliphatic carbocycles. The van der Waals surface area contributed by atoms with E-state index in [1.54, 1.807) is 4.89 Å². The molecule has 0 atom stereocenters.